The number of hydrogen-bond donors (Lipinski definition) is 0. The summed E-state index contributed by atoms with van der Waals surface area (Å²) >= 11 is 10.6. The summed E-state index contributed by atoms with van der Waals surface area (Å²) < 4.78 is 0.891. The molecule has 0 N–H and O–H groups in total. The lowest BCUT2D eigenvalue weighted by atomic mass is 10.4. The minimum Gasteiger partial charge on any atom is -0.132 e. The summed E-state index contributed by atoms with van der Waals surface area (Å²) in [6.45, 7) is 0. The van der Waals surface area contributed by atoms with Gasteiger partial charge >= 0.3 is 0 Å². The van der Waals surface area contributed by atoms with Gasteiger partial charge < -0.3 is 0 Å². The highest BCUT2D eigenvalue weighted by atomic mass is 79.9. The number of hydrogen-bond acceptors (Lipinski definition) is 1. The Kier molecular flexibility index (Phi) is 2.35. The van der Waals surface area contributed by atoms with Gasteiger partial charge in [0.15, 0.2) is 0 Å². The Hall–Kier alpha value is 0.470. The van der Waals surface area contributed by atoms with Crippen LogP contribution in [0.3, 0.4) is 0 Å². The molecule has 0 aliphatic rings. The van der Waals surface area contributed by atoms with Crippen LogP contribution in [-0.2, 0) is 5.33 Å². The summed E-state index contributed by atoms with van der Waals surface area (Å²) in [5, 5.41) is 2.84. The van der Waals surface area contributed by atoms with E-state index >= 15 is 0 Å². The van der Waals surface area contributed by atoms with Crippen LogP contribution in [0.25, 0.3) is 0 Å². The SMILES string of the molecule is Clc1sccc1CBr. The Morgan fingerprint density at radius 1 is 1.75 bits per heavy atom. The van der Waals surface area contributed by atoms with Crippen LogP contribution in [0.4, 0.5) is 0 Å². The van der Waals surface area contributed by atoms with Gasteiger partial charge in [-0.25, -0.2) is 0 Å². The highest BCUT2D eigenvalue weighted by Gasteiger charge is 1.95. The van der Waals surface area contributed by atoms with Gasteiger partial charge in [0, 0.05) is 5.33 Å². The molecular weight excluding hydrogens is 207 g/mol. The average Bonchev–Trinajstić information content (AvgIpc) is 2.14. The summed E-state index contributed by atoms with van der Waals surface area (Å²) in [4.78, 5) is 0. The van der Waals surface area contributed by atoms with Crippen molar-refractivity contribution in [3.63, 3.8) is 0 Å². The smallest absolute Gasteiger partial charge is 0.0968 e. The Labute approximate surface area is 65.6 Å². The summed E-state index contributed by atoms with van der Waals surface area (Å²) in [7, 11) is 0. The summed E-state index contributed by atoms with van der Waals surface area (Å²) in [5.41, 5.74) is 1.18. The van der Waals surface area contributed by atoms with Gasteiger partial charge in [-0.3, -0.25) is 0 Å². The fourth-order valence-electron chi connectivity index (χ4n) is 0.414. The molecule has 0 spiro atoms. The maximum atomic E-state index is 5.73. The molecule has 1 aromatic rings. The maximum Gasteiger partial charge on any atom is 0.0968 e. The van der Waals surface area contributed by atoms with Gasteiger partial charge in [0.1, 0.15) is 0 Å². The molecule has 1 rings (SSSR count). The van der Waals surface area contributed by atoms with Gasteiger partial charge in [0.05, 0.1) is 4.34 Å². The molecule has 0 aliphatic heterocycles. The van der Waals surface area contributed by atoms with E-state index in [0.717, 1.165) is 9.67 Å². The van der Waals surface area contributed by atoms with Crippen LogP contribution >= 0.6 is 38.9 Å². The number of rotatable bonds is 1. The van der Waals surface area contributed by atoms with E-state index in [1.54, 1.807) is 11.3 Å². The maximum absolute atomic E-state index is 5.73. The monoisotopic (exact) mass is 210 g/mol. The standard InChI is InChI=1S/C5H4BrClS/c6-3-4-1-2-8-5(4)7/h1-2H,3H2. The zero-order chi connectivity index (χ0) is 5.98. The first-order valence-electron chi connectivity index (χ1n) is 2.12. The van der Waals surface area contributed by atoms with E-state index in [-0.39, 0.29) is 0 Å². The molecule has 44 valence electrons. The van der Waals surface area contributed by atoms with Crippen molar-refractivity contribution in [3.05, 3.63) is 21.3 Å². The van der Waals surface area contributed by atoms with E-state index < -0.39 is 0 Å². The van der Waals surface area contributed by atoms with E-state index in [4.69, 9.17) is 11.6 Å². The quantitative estimate of drug-likeness (QED) is 0.625. The first kappa shape index (κ1) is 6.59. The molecule has 0 aliphatic carbocycles. The largest absolute Gasteiger partial charge is 0.132 e. The Morgan fingerprint density at radius 2 is 2.50 bits per heavy atom. The van der Waals surface area contributed by atoms with Crippen molar-refractivity contribution in [2.75, 3.05) is 0 Å². The van der Waals surface area contributed by atoms with Crippen LogP contribution in [0, 0.1) is 0 Å². The Balaban J connectivity index is 2.92. The van der Waals surface area contributed by atoms with Gasteiger partial charge in [0.25, 0.3) is 0 Å². The minimum absolute atomic E-state index is 0.856. The topological polar surface area (TPSA) is 0 Å². The first-order chi connectivity index (χ1) is 3.84. The molecule has 0 radical (unpaired) electrons. The summed E-state index contributed by atoms with van der Waals surface area (Å²) in [5.74, 6) is 0. The highest BCUT2D eigenvalue weighted by Crippen LogP contribution is 2.24. The molecule has 0 bridgehead atoms. The lowest BCUT2D eigenvalue weighted by Gasteiger charge is -1.84. The normalized spacial score (nSPS) is 9.75. The Bertz CT molecular complexity index is 173. The van der Waals surface area contributed by atoms with Crippen molar-refractivity contribution in [3.8, 4) is 0 Å². The van der Waals surface area contributed by atoms with Crippen molar-refractivity contribution in [1.82, 2.24) is 0 Å². The molecule has 0 nitrogen and oxygen atoms in total. The molecule has 0 amide bonds. The number of alkyl halides is 1. The molecule has 0 unspecified atom stereocenters. The second-order valence-electron chi connectivity index (χ2n) is 1.35. The van der Waals surface area contributed by atoms with Crippen molar-refractivity contribution in [1.29, 1.82) is 0 Å². The average molecular weight is 212 g/mol. The van der Waals surface area contributed by atoms with E-state index in [1.165, 1.54) is 5.56 Å². The van der Waals surface area contributed by atoms with Crippen molar-refractivity contribution < 1.29 is 0 Å². The van der Waals surface area contributed by atoms with Crippen molar-refractivity contribution in [2.45, 2.75) is 5.33 Å². The second-order valence-corrected chi connectivity index (χ2v) is 3.43. The highest BCUT2D eigenvalue weighted by molar-refractivity contribution is 9.08. The molecular formula is C5H4BrClS. The van der Waals surface area contributed by atoms with E-state index in [1.807, 2.05) is 11.4 Å². The lowest BCUT2D eigenvalue weighted by molar-refractivity contribution is 1.51. The molecule has 0 fully saturated rings. The zero-order valence-corrected chi connectivity index (χ0v) is 7.18. The predicted molar refractivity (Wildman–Crippen MR) is 42.0 cm³/mol. The zero-order valence-electron chi connectivity index (χ0n) is 4.03. The van der Waals surface area contributed by atoms with Crippen LogP contribution < -0.4 is 0 Å². The minimum atomic E-state index is 0.856. The van der Waals surface area contributed by atoms with Crippen LogP contribution in [0.15, 0.2) is 11.4 Å². The van der Waals surface area contributed by atoms with Gasteiger partial charge in [-0.05, 0) is 17.0 Å². The fraction of sp³-hybridized carbons (Fsp3) is 0.200. The summed E-state index contributed by atoms with van der Waals surface area (Å²) in [6, 6.07) is 2.02. The molecule has 3 heteroatoms. The van der Waals surface area contributed by atoms with Crippen molar-refractivity contribution in [2.24, 2.45) is 0 Å². The molecule has 0 aromatic carbocycles. The molecule has 0 saturated carbocycles. The molecule has 1 heterocycles. The Morgan fingerprint density at radius 3 is 2.75 bits per heavy atom. The van der Waals surface area contributed by atoms with E-state index in [2.05, 4.69) is 15.9 Å². The van der Waals surface area contributed by atoms with E-state index in [9.17, 15) is 0 Å². The molecule has 1 aromatic heterocycles. The number of thiophene rings is 1. The van der Waals surface area contributed by atoms with Crippen LogP contribution in [-0.4, -0.2) is 0 Å². The van der Waals surface area contributed by atoms with Gasteiger partial charge in [-0.1, -0.05) is 27.5 Å². The predicted octanol–water partition coefficient (Wildman–Crippen LogP) is 3.30. The lowest BCUT2D eigenvalue weighted by Crippen LogP contribution is -1.65. The van der Waals surface area contributed by atoms with Gasteiger partial charge in [0.2, 0.25) is 0 Å². The number of halogens is 2. The van der Waals surface area contributed by atoms with Crippen molar-refractivity contribution >= 4 is 38.9 Å². The van der Waals surface area contributed by atoms with Gasteiger partial charge in [-0.2, -0.15) is 0 Å². The summed E-state index contributed by atoms with van der Waals surface area (Å²) in [6.07, 6.45) is 0. The molecule has 8 heavy (non-hydrogen) atoms. The molecule has 0 atom stereocenters. The first-order valence-corrected chi connectivity index (χ1v) is 4.50. The third-order valence-electron chi connectivity index (χ3n) is 0.837. The van der Waals surface area contributed by atoms with Gasteiger partial charge in [-0.15, -0.1) is 11.3 Å². The molecule has 0 saturated heterocycles. The fourth-order valence-corrected chi connectivity index (χ4v) is 2.16. The third-order valence-corrected chi connectivity index (χ3v) is 2.69. The van der Waals surface area contributed by atoms with Crippen LogP contribution in [0.5, 0.6) is 0 Å². The third kappa shape index (κ3) is 1.24. The van der Waals surface area contributed by atoms with Crippen LogP contribution in [0.2, 0.25) is 4.34 Å². The van der Waals surface area contributed by atoms with Crippen LogP contribution in [0.1, 0.15) is 5.56 Å². The van der Waals surface area contributed by atoms with E-state index in [0.29, 0.717) is 0 Å². The second kappa shape index (κ2) is 2.85.